The topological polar surface area (TPSA) is 25.2 Å². The summed E-state index contributed by atoms with van der Waals surface area (Å²) in [5.41, 5.74) is 0.731. The zero-order valence-electron chi connectivity index (χ0n) is 12.3. The smallest absolute Gasteiger partial charge is 0.270 e. The molecule has 3 nitrogen and oxygen atoms in total. The Bertz CT molecular complexity index is 633. The summed E-state index contributed by atoms with van der Waals surface area (Å²) in [5, 5.41) is 0. The molecule has 0 saturated carbocycles. The highest BCUT2D eigenvalue weighted by Crippen LogP contribution is 2.25. The van der Waals surface area contributed by atoms with Crippen molar-refractivity contribution in [2.45, 2.75) is 33.4 Å². The van der Waals surface area contributed by atoms with Gasteiger partial charge in [-0.1, -0.05) is 0 Å². The number of rotatable bonds is 5. The standard InChI is InChI=1S/C15H18Br2N2OS/c1-4-18(9-12-5-6-14(17)21-12)15(20)13-7-11(16)8-19(13)10(2)3/h5-8,10H,4,9H2,1-3H3. The van der Waals surface area contributed by atoms with E-state index in [1.165, 1.54) is 4.88 Å². The summed E-state index contributed by atoms with van der Waals surface area (Å²) in [4.78, 5) is 15.9. The Balaban J connectivity index is 2.24. The quantitative estimate of drug-likeness (QED) is 0.626. The van der Waals surface area contributed by atoms with Gasteiger partial charge in [-0.15, -0.1) is 11.3 Å². The zero-order valence-corrected chi connectivity index (χ0v) is 16.3. The molecule has 0 bridgehead atoms. The normalized spacial score (nSPS) is 11.1. The maximum Gasteiger partial charge on any atom is 0.270 e. The van der Waals surface area contributed by atoms with Crippen molar-refractivity contribution >= 4 is 49.1 Å². The molecule has 2 aromatic rings. The van der Waals surface area contributed by atoms with Crippen molar-refractivity contribution < 1.29 is 4.79 Å². The third-order valence-corrected chi connectivity index (χ3v) is 5.28. The maximum absolute atomic E-state index is 12.8. The molecular weight excluding hydrogens is 416 g/mol. The van der Waals surface area contributed by atoms with Gasteiger partial charge in [0.25, 0.3) is 5.91 Å². The van der Waals surface area contributed by atoms with Crippen LogP contribution in [0.5, 0.6) is 0 Å². The van der Waals surface area contributed by atoms with Crippen LogP contribution in [0.4, 0.5) is 0 Å². The Labute approximate surface area is 146 Å². The molecule has 0 N–H and O–H groups in total. The Hall–Kier alpha value is -0.590. The summed E-state index contributed by atoms with van der Waals surface area (Å²) < 4.78 is 4.04. The van der Waals surface area contributed by atoms with E-state index in [1.807, 2.05) is 34.7 Å². The molecule has 2 heterocycles. The minimum Gasteiger partial charge on any atom is -0.340 e. The number of amides is 1. The lowest BCUT2D eigenvalue weighted by molar-refractivity contribution is 0.0741. The molecule has 0 aromatic carbocycles. The number of halogens is 2. The van der Waals surface area contributed by atoms with Gasteiger partial charge >= 0.3 is 0 Å². The molecule has 6 heteroatoms. The number of hydrogen-bond donors (Lipinski definition) is 0. The number of aromatic nitrogens is 1. The molecule has 0 fully saturated rings. The van der Waals surface area contributed by atoms with Gasteiger partial charge in [-0.2, -0.15) is 0 Å². The molecule has 2 rings (SSSR count). The molecule has 2 aromatic heterocycles. The number of carbonyl (C=O) groups excluding carboxylic acids is 1. The fourth-order valence-corrected chi connectivity index (χ4v) is 4.09. The van der Waals surface area contributed by atoms with Gasteiger partial charge in [-0.25, -0.2) is 0 Å². The van der Waals surface area contributed by atoms with E-state index in [9.17, 15) is 4.79 Å². The first-order chi connectivity index (χ1) is 9.92. The highest BCUT2D eigenvalue weighted by molar-refractivity contribution is 9.11. The van der Waals surface area contributed by atoms with Crippen LogP contribution in [0.15, 0.2) is 32.7 Å². The average Bonchev–Trinajstić information content (AvgIpc) is 3.01. The fourth-order valence-electron chi connectivity index (χ4n) is 2.16. The second-order valence-electron chi connectivity index (χ2n) is 5.07. The Morgan fingerprint density at radius 3 is 2.62 bits per heavy atom. The van der Waals surface area contributed by atoms with Crippen LogP contribution in [-0.2, 0) is 6.54 Å². The lowest BCUT2D eigenvalue weighted by Gasteiger charge is -2.22. The van der Waals surface area contributed by atoms with Crippen LogP contribution in [0, 0.1) is 0 Å². The first-order valence-electron chi connectivity index (χ1n) is 6.83. The highest BCUT2D eigenvalue weighted by Gasteiger charge is 2.20. The third-order valence-electron chi connectivity index (χ3n) is 3.24. The van der Waals surface area contributed by atoms with E-state index in [-0.39, 0.29) is 11.9 Å². The molecule has 21 heavy (non-hydrogen) atoms. The summed E-state index contributed by atoms with van der Waals surface area (Å²) in [6, 6.07) is 6.23. The van der Waals surface area contributed by atoms with Crippen LogP contribution in [0.3, 0.4) is 0 Å². The van der Waals surface area contributed by atoms with E-state index < -0.39 is 0 Å². The SMILES string of the molecule is CCN(Cc1ccc(Br)s1)C(=O)c1cc(Br)cn1C(C)C. The van der Waals surface area contributed by atoms with Gasteiger partial charge in [0.05, 0.1) is 10.3 Å². The van der Waals surface area contributed by atoms with Crippen LogP contribution >= 0.6 is 43.2 Å². The van der Waals surface area contributed by atoms with Crippen molar-refractivity contribution in [1.82, 2.24) is 9.47 Å². The van der Waals surface area contributed by atoms with Crippen LogP contribution in [0.1, 0.15) is 42.2 Å². The molecule has 0 spiro atoms. The van der Waals surface area contributed by atoms with E-state index in [0.29, 0.717) is 13.1 Å². The second-order valence-corrected chi connectivity index (χ2v) is 8.53. The molecule has 0 unspecified atom stereocenters. The highest BCUT2D eigenvalue weighted by atomic mass is 79.9. The van der Waals surface area contributed by atoms with Gasteiger partial charge in [0.2, 0.25) is 0 Å². The van der Waals surface area contributed by atoms with Gasteiger partial charge in [0.15, 0.2) is 0 Å². The first-order valence-corrected chi connectivity index (χ1v) is 9.23. The summed E-state index contributed by atoms with van der Waals surface area (Å²) in [7, 11) is 0. The fraction of sp³-hybridized carbons (Fsp3) is 0.400. The number of thiophene rings is 1. The molecule has 0 aliphatic rings. The molecular formula is C15H18Br2N2OS. The van der Waals surface area contributed by atoms with E-state index in [2.05, 4.69) is 51.8 Å². The predicted molar refractivity (Wildman–Crippen MR) is 95.0 cm³/mol. The molecule has 1 amide bonds. The van der Waals surface area contributed by atoms with Crippen molar-refractivity contribution in [2.75, 3.05) is 6.54 Å². The summed E-state index contributed by atoms with van der Waals surface area (Å²) in [6.45, 7) is 7.51. The summed E-state index contributed by atoms with van der Waals surface area (Å²) in [5.74, 6) is 0.0708. The van der Waals surface area contributed by atoms with Gasteiger partial charge in [0, 0.05) is 28.1 Å². The molecule has 0 atom stereocenters. The average molecular weight is 434 g/mol. The van der Waals surface area contributed by atoms with Crippen molar-refractivity contribution in [1.29, 1.82) is 0 Å². The number of hydrogen-bond acceptors (Lipinski definition) is 2. The Kier molecular flexibility index (Phi) is 5.68. The lowest BCUT2D eigenvalue weighted by atomic mass is 10.3. The molecule has 0 aliphatic carbocycles. The molecule has 0 radical (unpaired) electrons. The van der Waals surface area contributed by atoms with Crippen LogP contribution in [-0.4, -0.2) is 21.9 Å². The second kappa shape index (κ2) is 7.11. The third kappa shape index (κ3) is 3.99. The van der Waals surface area contributed by atoms with Crippen LogP contribution in [0.2, 0.25) is 0 Å². The van der Waals surface area contributed by atoms with Crippen molar-refractivity contribution in [3.05, 3.63) is 43.2 Å². The molecule has 0 aliphatic heterocycles. The van der Waals surface area contributed by atoms with E-state index in [4.69, 9.17) is 0 Å². The zero-order chi connectivity index (χ0) is 15.6. The molecule has 114 valence electrons. The van der Waals surface area contributed by atoms with Crippen molar-refractivity contribution in [3.8, 4) is 0 Å². The van der Waals surface area contributed by atoms with E-state index in [0.717, 1.165) is 14.0 Å². The Morgan fingerprint density at radius 2 is 2.10 bits per heavy atom. The van der Waals surface area contributed by atoms with Crippen LogP contribution < -0.4 is 0 Å². The van der Waals surface area contributed by atoms with Gasteiger partial charge < -0.3 is 9.47 Å². The first kappa shape index (κ1) is 16.8. The monoisotopic (exact) mass is 432 g/mol. The van der Waals surface area contributed by atoms with Gasteiger partial charge in [-0.3, -0.25) is 4.79 Å². The van der Waals surface area contributed by atoms with Crippen molar-refractivity contribution in [3.63, 3.8) is 0 Å². The molecule has 0 saturated heterocycles. The van der Waals surface area contributed by atoms with E-state index in [1.54, 1.807) is 11.3 Å². The minimum absolute atomic E-state index is 0.0708. The van der Waals surface area contributed by atoms with Crippen molar-refractivity contribution in [2.24, 2.45) is 0 Å². The predicted octanol–water partition coefficient (Wildman–Crippen LogP) is 5.32. The Morgan fingerprint density at radius 1 is 1.38 bits per heavy atom. The lowest BCUT2D eigenvalue weighted by Crippen LogP contribution is -2.31. The van der Waals surface area contributed by atoms with Crippen LogP contribution in [0.25, 0.3) is 0 Å². The van der Waals surface area contributed by atoms with E-state index >= 15 is 0 Å². The number of carbonyl (C=O) groups is 1. The van der Waals surface area contributed by atoms with Gasteiger partial charge in [0.1, 0.15) is 5.69 Å². The largest absolute Gasteiger partial charge is 0.340 e. The summed E-state index contributed by atoms with van der Waals surface area (Å²) in [6.07, 6.45) is 1.97. The van der Waals surface area contributed by atoms with Gasteiger partial charge in [-0.05, 0) is 70.8 Å². The minimum atomic E-state index is 0.0708. The number of nitrogens with zero attached hydrogens (tertiary/aromatic N) is 2. The summed E-state index contributed by atoms with van der Waals surface area (Å²) >= 11 is 8.60. The maximum atomic E-state index is 12.8.